The van der Waals surface area contributed by atoms with Crippen LogP contribution in [0, 0.1) is 4.83 Å². The van der Waals surface area contributed by atoms with E-state index in [1.165, 1.54) is 58.0 Å². The highest BCUT2D eigenvalue weighted by Crippen LogP contribution is 2.47. The minimum absolute atomic E-state index is 0.362. The molecule has 0 spiro atoms. The summed E-state index contributed by atoms with van der Waals surface area (Å²) in [5, 5.41) is 2.90. The van der Waals surface area contributed by atoms with Crippen LogP contribution in [0.4, 0.5) is 0 Å². The molecule has 113 valence electrons. The molecule has 23 heavy (non-hydrogen) atoms. The average Bonchev–Trinajstić information content (AvgIpc) is 2.61. The highest BCUT2D eigenvalue weighted by Gasteiger charge is 2.29. The predicted octanol–water partition coefficient (Wildman–Crippen LogP) is 6.25. The maximum Gasteiger partial charge on any atom is 0.0746 e. The standard InChI is InChI=1S/C22H18Br/c23-21-7-3-5-15-9-11-19-18-10-8-14-4-1-2-6-16(14)17(18)12-13-20(19)22(15)21/h3,5,7-13,22H,1-2,4,6H2. The maximum atomic E-state index is 3.78. The summed E-state index contributed by atoms with van der Waals surface area (Å²) in [6.07, 6.45) is 16.3. The van der Waals surface area contributed by atoms with E-state index in [0.717, 1.165) is 0 Å². The highest BCUT2D eigenvalue weighted by molar-refractivity contribution is 9.11. The van der Waals surface area contributed by atoms with Crippen LogP contribution in [0.3, 0.4) is 0 Å². The summed E-state index contributed by atoms with van der Waals surface area (Å²) in [6.45, 7) is 0. The van der Waals surface area contributed by atoms with Gasteiger partial charge in [-0.15, -0.1) is 0 Å². The van der Waals surface area contributed by atoms with Crippen molar-refractivity contribution in [3.63, 3.8) is 0 Å². The van der Waals surface area contributed by atoms with Crippen molar-refractivity contribution < 1.29 is 0 Å². The molecule has 0 nitrogen and oxygen atoms in total. The molecule has 1 radical (unpaired) electrons. The van der Waals surface area contributed by atoms with Gasteiger partial charge in [0.2, 0.25) is 0 Å². The molecule has 2 aromatic carbocycles. The summed E-state index contributed by atoms with van der Waals surface area (Å²) < 4.78 is 0. The molecule has 0 fully saturated rings. The fourth-order valence-electron chi connectivity index (χ4n) is 4.40. The van der Waals surface area contributed by atoms with E-state index in [0.29, 0.717) is 5.92 Å². The minimum Gasteiger partial charge on any atom is -0.0778 e. The van der Waals surface area contributed by atoms with Gasteiger partial charge in [-0.2, -0.15) is 0 Å². The van der Waals surface area contributed by atoms with Gasteiger partial charge in [-0.05, 0) is 64.3 Å². The van der Waals surface area contributed by atoms with Gasteiger partial charge >= 0.3 is 0 Å². The van der Waals surface area contributed by atoms with Crippen molar-refractivity contribution in [3.05, 3.63) is 81.2 Å². The Morgan fingerprint density at radius 2 is 1.74 bits per heavy atom. The molecule has 0 aromatic heterocycles. The van der Waals surface area contributed by atoms with Crippen LogP contribution in [-0.4, -0.2) is 0 Å². The molecule has 1 heteroatoms. The van der Waals surface area contributed by atoms with Crippen molar-refractivity contribution in [1.82, 2.24) is 0 Å². The molecule has 0 bridgehead atoms. The van der Waals surface area contributed by atoms with E-state index in [-0.39, 0.29) is 0 Å². The summed E-state index contributed by atoms with van der Waals surface area (Å²) in [5.41, 5.74) is 7.38. The van der Waals surface area contributed by atoms with Crippen LogP contribution >= 0.6 is 15.9 Å². The molecule has 5 rings (SSSR count). The number of rotatable bonds is 0. The molecule has 0 aliphatic heterocycles. The van der Waals surface area contributed by atoms with Crippen molar-refractivity contribution in [1.29, 1.82) is 0 Å². The SMILES string of the molecule is Br[C]1C=CC=C2C=Cc3c(ccc4c5c(ccc34)CCCC5)C12. The van der Waals surface area contributed by atoms with E-state index in [1.807, 2.05) is 0 Å². The fourth-order valence-corrected chi connectivity index (χ4v) is 5.06. The largest absolute Gasteiger partial charge is 0.0778 e. The Balaban J connectivity index is 1.77. The number of benzene rings is 2. The first-order chi connectivity index (χ1) is 11.3. The van der Waals surface area contributed by atoms with Gasteiger partial charge in [0.15, 0.2) is 0 Å². The first kappa shape index (κ1) is 13.8. The molecule has 1 unspecified atom stereocenters. The second-order valence-corrected chi connectivity index (χ2v) is 7.67. The summed E-state index contributed by atoms with van der Waals surface area (Å²) in [6, 6.07) is 9.45. The molecule has 0 N–H and O–H groups in total. The fraction of sp³-hybridized carbons (Fsp3) is 0.227. The Kier molecular flexibility index (Phi) is 3.12. The number of halogens is 1. The Hall–Kier alpha value is -1.60. The maximum absolute atomic E-state index is 3.78. The molecule has 1 atom stereocenters. The highest BCUT2D eigenvalue weighted by atomic mass is 79.9. The van der Waals surface area contributed by atoms with E-state index < -0.39 is 0 Å². The summed E-state index contributed by atoms with van der Waals surface area (Å²) in [7, 11) is 0. The Labute approximate surface area is 145 Å². The van der Waals surface area contributed by atoms with Crippen LogP contribution < -0.4 is 0 Å². The lowest BCUT2D eigenvalue weighted by atomic mass is 9.76. The molecule has 0 saturated carbocycles. The van der Waals surface area contributed by atoms with Crippen molar-refractivity contribution in [2.45, 2.75) is 31.6 Å². The molecule has 3 aliphatic carbocycles. The van der Waals surface area contributed by atoms with Gasteiger partial charge in [0, 0.05) is 5.92 Å². The van der Waals surface area contributed by atoms with Crippen LogP contribution in [0.15, 0.2) is 54.1 Å². The van der Waals surface area contributed by atoms with Crippen molar-refractivity contribution >= 4 is 32.8 Å². The zero-order valence-electron chi connectivity index (χ0n) is 13.0. The Bertz CT molecular complexity index is 898. The molecular weight excluding hydrogens is 344 g/mol. The van der Waals surface area contributed by atoms with Gasteiger partial charge in [0.05, 0.1) is 4.83 Å². The van der Waals surface area contributed by atoms with E-state index in [9.17, 15) is 0 Å². The molecular formula is C22H18Br. The van der Waals surface area contributed by atoms with Crippen LogP contribution in [0.25, 0.3) is 16.8 Å². The molecule has 0 amide bonds. The van der Waals surface area contributed by atoms with Crippen LogP contribution in [-0.2, 0) is 12.8 Å². The normalized spacial score (nSPS) is 22.5. The van der Waals surface area contributed by atoms with Crippen molar-refractivity contribution in [2.24, 2.45) is 0 Å². The topological polar surface area (TPSA) is 0 Å². The third-order valence-electron chi connectivity index (χ3n) is 5.51. The van der Waals surface area contributed by atoms with Crippen LogP contribution in [0.2, 0.25) is 0 Å². The third kappa shape index (κ3) is 2.03. The van der Waals surface area contributed by atoms with Gasteiger partial charge in [-0.3, -0.25) is 0 Å². The number of hydrogen-bond donors (Lipinski definition) is 0. The Morgan fingerprint density at radius 3 is 2.70 bits per heavy atom. The zero-order chi connectivity index (χ0) is 15.4. The van der Waals surface area contributed by atoms with E-state index in [2.05, 4.69) is 70.6 Å². The average molecular weight is 362 g/mol. The van der Waals surface area contributed by atoms with Gasteiger partial charge in [0.1, 0.15) is 0 Å². The van der Waals surface area contributed by atoms with Gasteiger partial charge in [0.25, 0.3) is 0 Å². The lowest BCUT2D eigenvalue weighted by Crippen LogP contribution is -2.13. The molecule has 3 aliphatic rings. The molecule has 2 aromatic rings. The lowest BCUT2D eigenvalue weighted by Gasteiger charge is -2.30. The third-order valence-corrected chi connectivity index (χ3v) is 6.24. The second-order valence-electron chi connectivity index (χ2n) is 6.75. The van der Waals surface area contributed by atoms with E-state index in [4.69, 9.17) is 0 Å². The van der Waals surface area contributed by atoms with Crippen LogP contribution in [0.5, 0.6) is 0 Å². The number of fused-ring (bicyclic) bond motifs is 7. The second kappa shape index (κ2) is 5.21. The van der Waals surface area contributed by atoms with Crippen LogP contribution in [0.1, 0.15) is 41.0 Å². The number of aryl methyl sites for hydroxylation is 2. The summed E-state index contributed by atoms with van der Waals surface area (Å²) >= 11 is 3.78. The van der Waals surface area contributed by atoms with Gasteiger partial charge < -0.3 is 0 Å². The minimum atomic E-state index is 0.362. The number of allylic oxidation sites excluding steroid dienone is 5. The quantitative estimate of drug-likeness (QED) is 0.519. The molecule has 0 saturated heterocycles. The zero-order valence-corrected chi connectivity index (χ0v) is 14.6. The monoisotopic (exact) mass is 361 g/mol. The summed E-state index contributed by atoms with van der Waals surface area (Å²) in [4.78, 5) is 1.26. The molecule has 0 heterocycles. The van der Waals surface area contributed by atoms with Gasteiger partial charge in [-0.1, -0.05) is 70.6 Å². The first-order valence-corrected chi connectivity index (χ1v) is 9.28. The van der Waals surface area contributed by atoms with E-state index >= 15 is 0 Å². The predicted molar refractivity (Wildman–Crippen MR) is 102 cm³/mol. The number of hydrogen-bond acceptors (Lipinski definition) is 0. The first-order valence-electron chi connectivity index (χ1n) is 8.49. The Morgan fingerprint density at radius 1 is 0.870 bits per heavy atom. The van der Waals surface area contributed by atoms with Crippen molar-refractivity contribution in [3.8, 4) is 0 Å². The van der Waals surface area contributed by atoms with Crippen molar-refractivity contribution in [2.75, 3.05) is 0 Å². The van der Waals surface area contributed by atoms with Gasteiger partial charge in [-0.25, -0.2) is 0 Å². The lowest BCUT2D eigenvalue weighted by molar-refractivity contribution is 0.690. The van der Waals surface area contributed by atoms with E-state index in [1.54, 1.807) is 11.1 Å². The summed E-state index contributed by atoms with van der Waals surface area (Å²) in [5.74, 6) is 0.362. The smallest absolute Gasteiger partial charge is 0.0746 e.